The van der Waals surface area contributed by atoms with E-state index in [1.54, 1.807) is 39.3 Å². The summed E-state index contributed by atoms with van der Waals surface area (Å²) in [6, 6.07) is 16.4. The van der Waals surface area contributed by atoms with Crippen molar-refractivity contribution in [1.82, 2.24) is 10.6 Å². The average Bonchev–Trinajstić information content (AvgIpc) is 3.22. The number of nitrogens with one attached hydrogen (secondary N) is 1. The molecule has 0 atom stereocenters. The normalized spacial score (nSPS) is 11.1. The number of aromatic nitrogens is 1. The number of nitrogens with zero attached hydrogens (tertiary/aromatic N) is 2. The van der Waals surface area contributed by atoms with Gasteiger partial charge in [0.25, 0.3) is 5.91 Å². The van der Waals surface area contributed by atoms with Crippen molar-refractivity contribution in [3.05, 3.63) is 65.9 Å². The molecule has 0 fully saturated rings. The van der Waals surface area contributed by atoms with Gasteiger partial charge in [0.05, 0.1) is 19.9 Å². The van der Waals surface area contributed by atoms with Crippen molar-refractivity contribution in [3.63, 3.8) is 0 Å². The van der Waals surface area contributed by atoms with Crippen LogP contribution in [0, 0.1) is 0 Å². The van der Waals surface area contributed by atoms with E-state index in [0.29, 0.717) is 23.0 Å². The van der Waals surface area contributed by atoms with E-state index in [9.17, 15) is 4.79 Å². The molecule has 0 aliphatic rings. The highest BCUT2D eigenvalue weighted by molar-refractivity contribution is 6.01. The van der Waals surface area contributed by atoms with Crippen LogP contribution in [0.15, 0.2) is 64.2 Å². The summed E-state index contributed by atoms with van der Waals surface area (Å²) < 4.78 is 15.7. The van der Waals surface area contributed by atoms with E-state index >= 15 is 0 Å². The Hall–Kier alpha value is -3.61. The summed E-state index contributed by atoms with van der Waals surface area (Å²) >= 11 is 0. The molecule has 1 heterocycles. The molecule has 3 aromatic rings. The Morgan fingerprint density at radius 1 is 1.04 bits per heavy atom. The summed E-state index contributed by atoms with van der Waals surface area (Å²) in [7, 11) is 3.13. The smallest absolute Gasteiger partial charge is 0.293 e. The van der Waals surface area contributed by atoms with Crippen LogP contribution in [0.2, 0.25) is 0 Å². The van der Waals surface area contributed by atoms with Crippen molar-refractivity contribution < 1.29 is 18.8 Å². The zero-order valence-corrected chi connectivity index (χ0v) is 15.2. The highest BCUT2D eigenvalue weighted by Crippen LogP contribution is 2.27. The van der Waals surface area contributed by atoms with Crippen LogP contribution >= 0.6 is 0 Å². The predicted octanol–water partition coefficient (Wildman–Crippen LogP) is 3.51. The lowest BCUT2D eigenvalue weighted by atomic mass is 10.1. The number of hydrogen-bond donors (Lipinski definition) is 1. The molecule has 1 amide bonds. The molecule has 3 rings (SSSR count). The molecule has 7 nitrogen and oxygen atoms in total. The molecule has 0 spiro atoms. The molecule has 0 aliphatic carbocycles. The zero-order chi connectivity index (χ0) is 19.2. The van der Waals surface area contributed by atoms with Gasteiger partial charge in [0.15, 0.2) is 23.0 Å². The molecule has 0 bridgehead atoms. The third-order valence-electron chi connectivity index (χ3n) is 3.93. The summed E-state index contributed by atoms with van der Waals surface area (Å²) in [5.74, 6) is 1.26. The maximum absolute atomic E-state index is 12.3. The zero-order valence-electron chi connectivity index (χ0n) is 15.2. The fourth-order valence-electron chi connectivity index (χ4n) is 2.44. The van der Waals surface area contributed by atoms with Gasteiger partial charge < -0.3 is 14.0 Å². The molecular formula is C20H19N3O4. The fourth-order valence-corrected chi connectivity index (χ4v) is 2.44. The van der Waals surface area contributed by atoms with E-state index in [0.717, 1.165) is 11.1 Å². The molecule has 0 saturated heterocycles. The molecule has 0 aliphatic heterocycles. The first-order valence-electron chi connectivity index (χ1n) is 8.21. The van der Waals surface area contributed by atoms with E-state index in [-0.39, 0.29) is 5.69 Å². The Kier molecular flexibility index (Phi) is 5.51. The Labute approximate surface area is 156 Å². The molecule has 2 aromatic carbocycles. The Balaban J connectivity index is 1.72. The van der Waals surface area contributed by atoms with Gasteiger partial charge >= 0.3 is 0 Å². The van der Waals surface area contributed by atoms with Crippen LogP contribution in [-0.2, 0) is 0 Å². The van der Waals surface area contributed by atoms with Crippen molar-refractivity contribution >= 4 is 11.6 Å². The van der Waals surface area contributed by atoms with Crippen molar-refractivity contribution in [2.24, 2.45) is 5.10 Å². The van der Waals surface area contributed by atoms with Gasteiger partial charge in [0.1, 0.15) is 0 Å². The fraction of sp³-hybridized carbons (Fsp3) is 0.150. The van der Waals surface area contributed by atoms with Gasteiger partial charge in [-0.2, -0.15) is 5.10 Å². The Morgan fingerprint density at radius 2 is 1.78 bits per heavy atom. The first-order chi connectivity index (χ1) is 13.1. The van der Waals surface area contributed by atoms with E-state index in [1.807, 2.05) is 36.4 Å². The van der Waals surface area contributed by atoms with Crippen LogP contribution in [0.5, 0.6) is 11.5 Å². The minimum Gasteiger partial charge on any atom is -0.493 e. The van der Waals surface area contributed by atoms with Crippen LogP contribution in [0.3, 0.4) is 0 Å². The van der Waals surface area contributed by atoms with Crippen LogP contribution in [0.25, 0.3) is 11.3 Å². The van der Waals surface area contributed by atoms with Crippen LogP contribution in [0.4, 0.5) is 0 Å². The lowest BCUT2D eigenvalue weighted by Crippen LogP contribution is -2.19. The second-order valence-corrected chi connectivity index (χ2v) is 5.65. The van der Waals surface area contributed by atoms with Crippen molar-refractivity contribution in [1.29, 1.82) is 0 Å². The SMILES string of the molecule is COc1ccc(C(C)=NNC(=O)c2cc(-c3ccccc3)on2)cc1OC. The predicted molar refractivity (Wildman–Crippen MR) is 101 cm³/mol. The number of amides is 1. The molecule has 7 heteroatoms. The largest absolute Gasteiger partial charge is 0.493 e. The first-order valence-corrected chi connectivity index (χ1v) is 8.21. The van der Waals surface area contributed by atoms with Gasteiger partial charge in [0, 0.05) is 17.2 Å². The summed E-state index contributed by atoms with van der Waals surface area (Å²) in [6.45, 7) is 1.78. The molecule has 0 radical (unpaired) electrons. The average molecular weight is 365 g/mol. The van der Waals surface area contributed by atoms with E-state index in [4.69, 9.17) is 14.0 Å². The van der Waals surface area contributed by atoms with Crippen LogP contribution in [0.1, 0.15) is 23.0 Å². The highest BCUT2D eigenvalue weighted by atomic mass is 16.5. The van der Waals surface area contributed by atoms with Gasteiger partial charge in [-0.15, -0.1) is 0 Å². The van der Waals surface area contributed by atoms with Crippen molar-refractivity contribution in [2.75, 3.05) is 14.2 Å². The van der Waals surface area contributed by atoms with E-state index in [1.165, 1.54) is 0 Å². The number of hydrogen-bond acceptors (Lipinski definition) is 6. The molecule has 1 N–H and O–H groups in total. The Bertz CT molecular complexity index is 964. The summed E-state index contributed by atoms with van der Waals surface area (Å²) in [5.41, 5.74) is 4.87. The number of benzene rings is 2. The molecule has 138 valence electrons. The second-order valence-electron chi connectivity index (χ2n) is 5.65. The number of methoxy groups -OCH3 is 2. The molecule has 0 unspecified atom stereocenters. The lowest BCUT2D eigenvalue weighted by Gasteiger charge is -2.09. The monoisotopic (exact) mass is 365 g/mol. The minimum absolute atomic E-state index is 0.151. The standard InChI is InChI=1S/C20H19N3O4/c1-13(15-9-10-17(25-2)19(11-15)26-3)21-22-20(24)16-12-18(27-23-16)14-7-5-4-6-8-14/h4-12H,1-3H3,(H,22,24). The lowest BCUT2D eigenvalue weighted by molar-refractivity contribution is 0.0946. The maximum Gasteiger partial charge on any atom is 0.293 e. The van der Waals surface area contributed by atoms with Crippen molar-refractivity contribution in [3.8, 4) is 22.8 Å². The molecule has 0 saturated carbocycles. The van der Waals surface area contributed by atoms with E-state index < -0.39 is 5.91 Å². The van der Waals surface area contributed by atoms with Gasteiger partial charge in [-0.05, 0) is 25.1 Å². The Morgan fingerprint density at radius 3 is 2.48 bits per heavy atom. The van der Waals surface area contributed by atoms with Crippen LogP contribution in [-0.4, -0.2) is 31.0 Å². The number of carbonyl (C=O) groups is 1. The highest BCUT2D eigenvalue weighted by Gasteiger charge is 2.13. The number of hydrazone groups is 1. The second kappa shape index (κ2) is 8.18. The third-order valence-corrected chi connectivity index (χ3v) is 3.93. The molecule has 1 aromatic heterocycles. The first kappa shape index (κ1) is 18.2. The van der Waals surface area contributed by atoms with Crippen molar-refractivity contribution in [2.45, 2.75) is 6.92 Å². The third kappa shape index (κ3) is 4.14. The molecular weight excluding hydrogens is 346 g/mol. The summed E-state index contributed by atoms with van der Waals surface area (Å²) in [6.07, 6.45) is 0. The number of carbonyl (C=O) groups excluding carboxylic acids is 1. The number of rotatable bonds is 6. The summed E-state index contributed by atoms with van der Waals surface area (Å²) in [5, 5.41) is 7.92. The van der Waals surface area contributed by atoms with Gasteiger partial charge in [-0.25, -0.2) is 5.43 Å². The topological polar surface area (TPSA) is 86.0 Å². The van der Waals surface area contributed by atoms with Gasteiger partial charge in [-0.1, -0.05) is 35.5 Å². The minimum atomic E-state index is -0.458. The van der Waals surface area contributed by atoms with Gasteiger partial charge in [0.2, 0.25) is 0 Å². The van der Waals surface area contributed by atoms with E-state index in [2.05, 4.69) is 15.7 Å². The maximum atomic E-state index is 12.3. The number of ether oxygens (including phenoxy) is 2. The molecule has 27 heavy (non-hydrogen) atoms. The summed E-state index contributed by atoms with van der Waals surface area (Å²) in [4.78, 5) is 12.3. The van der Waals surface area contributed by atoms with Gasteiger partial charge in [-0.3, -0.25) is 4.79 Å². The van der Waals surface area contributed by atoms with Crippen LogP contribution < -0.4 is 14.9 Å². The quantitative estimate of drug-likeness (QED) is 0.534.